The number of hydrogen-bond acceptors (Lipinski definition) is 3. The van der Waals surface area contributed by atoms with Gasteiger partial charge in [0.05, 0.1) is 18.8 Å². The lowest BCUT2D eigenvalue weighted by Gasteiger charge is -2.39. The van der Waals surface area contributed by atoms with Crippen LogP contribution in [-0.2, 0) is 4.74 Å². The number of nitrogens with zero attached hydrogens (tertiary/aromatic N) is 1. The molecule has 1 saturated heterocycles. The molecule has 0 spiro atoms. The predicted octanol–water partition coefficient (Wildman–Crippen LogP) is 2.61. The molecule has 106 valence electrons. The highest BCUT2D eigenvalue weighted by Crippen LogP contribution is 2.26. The molecule has 1 N–H and O–H groups in total. The Hall–Kier alpha value is -0.900. The van der Waals surface area contributed by atoms with E-state index >= 15 is 0 Å². The highest BCUT2D eigenvalue weighted by Gasteiger charge is 2.27. The minimum atomic E-state index is 0.307. The smallest absolute Gasteiger partial charge is 0.0675 e. The summed E-state index contributed by atoms with van der Waals surface area (Å²) in [6.07, 6.45) is 3.48. The third kappa shape index (κ3) is 4.30. The average molecular weight is 263 g/mol. The summed E-state index contributed by atoms with van der Waals surface area (Å²) in [4.78, 5) is 2.53. The van der Waals surface area contributed by atoms with E-state index in [0.717, 1.165) is 39.0 Å². The number of aliphatic hydroxyl groups is 1. The van der Waals surface area contributed by atoms with Crippen molar-refractivity contribution in [1.82, 2.24) is 4.90 Å². The van der Waals surface area contributed by atoms with Crippen molar-refractivity contribution in [2.45, 2.75) is 38.3 Å². The van der Waals surface area contributed by atoms with Crippen molar-refractivity contribution in [3.63, 3.8) is 0 Å². The van der Waals surface area contributed by atoms with Crippen LogP contribution in [0, 0.1) is 0 Å². The zero-order chi connectivity index (χ0) is 13.5. The highest BCUT2D eigenvalue weighted by atomic mass is 16.5. The Balaban J connectivity index is 1.94. The Labute approximate surface area is 116 Å². The van der Waals surface area contributed by atoms with Gasteiger partial charge in [-0.15, -0.1) is 0 Å². The maximum atomic E-state index is 8.84. The summed E-state index contributed by atoms with van der Waals surface area (Å²) in [5.74, 6) is 0. The van der Waals surface area contributed by atoms with Gasteiger partial charge < -0.3 is 9.84 Å². The average Bonchev–Trinajstić information content (AvgIpc) is 2.45. The van der Waals surface area contributed by atoms with Crippen LogP contribution < -0.4 is 0 Å². The van der Waals surface area contributed by atoms with Crippen molar-refractivity contribution < 1.29 is 9.84 Å². The second kappa shape index (κ2) is 7.63. The Morgan fingerprint density at radius 1 is 1.21 bits per heavy atom. The lowest BCUT2D eigenvalue weighted by atomic mass is 10.0. The number of rotatable bonds is 6. The van der Waals surface area contributed by atoms with Crippen molar-refractivity contribution in [3.8, 4) is 0 Å². The van der Waals surface area contributed by atoms with Crippen LogP contribution in [0.3, 0.4) is 0 Å². The molecule has 2 atom stereocenters. The molecule has 2 unspecified atom stereocenters. The third-order valence-corrected chi connectivity index (χ3v) is 3.76. The fourth-order valence-electron chi connectivity index (χ4n) is 2.70. The molecule has 1 aromatic carbocycles. The number of ether oxygens (including phenoxy) is 1. The van der Waals surface area contributed by atoms with E-state index in [-0.39, 0.29) is 0 Å². The van der Waals surface area contributed by atoms with Crippen molar-refractivity contribution >= 4 is 0 Å². The Morgan fingerprint density at radius 2 is 2.00 bits per heavy atom. The molecule has 1 heterocycles. The lowest BCUT2D eigenvalue weighted by molar-refractivity contribution is -0.0567. The van der Waals surface area contributed by atoms with Crippen LogP contribution in [0.25, 0.3) is 0 Å². The van der Waals surface area contributed by atoms with Crippen LogP contribution >= 0.6 is 0 Å². The van der Waals surface area contributed by atoms with Gasteiger partial charge in [0, 0.05) is 13.2 Å². The predicted molar refractivity (Wildman–Crippen MR) is 77.1 cm³/mol. The monoisotopic (exact) mass is 263 g/mol. The van der Waals surface area contributed by atoms with E-state index in [4.69, 9.17) is 9.84 Å². The maximum Gasteiger partial charge on any atom is 0.0675 e. The first-order valence-corrected chi connectivity index (χ1v) is 7.32. The van der Waals surface area contributed by atoms with Gasteiger partial charge in [-0.3, -0.25) is 4.90 Å². The molecule has 0 bridgehead atoms. The molecule has 0 aliphatic carbocycles. The Kier molecular flexibility index (Phi) is 5.83. The van der Waals surface area contributed by atoms with Crippen LogP contribution in [0.2, 0.25) is 0 Å². The molecule has 19 heavy (non-hydrogen) atoms. The van der Waals surface area contributed by atoms with Crippen LogP contribution in [0.15, 0.2) is 30.3 Å². The zero-order valence-corrected chi connectivity index (χ0v) is 11.8. The topological polar surface area (TPSA) is 32.7 Å². The molecule has 1 aromatic rings. The summed E-state index contributed by atoms with van der Waals surface area (Å²) in [5.41, 5.74) is 1.34. The van der Waals surface area contributed by atoms with Crippen LogP contribution in [0.5, 0.6) is 0 Å². The summed E-state index contributed by atoms with van der Waals surface area (Å²) < 4.78 is 5.82. The van der Waals surface area contributed by atoms with Gasteiger partial charge in [-0.1, -0.05) is 30.3 Å². The number of morpholine rings is 1. The molecule has 0 radical (unpaired) electrons. The van der Waals surface area contributed by atoms with Gasteiger partial charge in [0.2, 0.25) is 0 Å². The summed E-state index contributed by atoms with van der Waals surface area (Å²) in [6.45, 7) is 5.32. The largest absolute Gasteiger partial charge is 0.396 e. The molecule has 1 aliphatic rings. The van der Waals surface area contributed by atoms with Crippen molar-refractivity contribution in [1.29, 1.82) is 0 Å². The molecule has 2 rings (SSSR count). The number of unbranched alkanes of at least 4 members (excludes halogenated alkanes) is 2. The second-order valence-electron chi connectivity index (χ2n) is 5.35. The van der Waals surface area contributed by atoms with E-state index in [9.17, 15) is 0 Å². The first-order chi connectivity index (χ1) is 9.31. The quantitative estimate of drug-likeness (QED) is 0.801. The summed E-state index contributed by atoms with van der Waals surface area (Å²) >= 11 is 0. The Bertz CT molecular complexity index is 355. The molecular weight excluding hydrogens is 238 g/mol. The van der Waals surface area contributed by atoms with Gasteiger partial charge in [-0.2, -0.15) is 0 Å². The molecule has 3 nitrogen and oxygen atoms in total. The summed E-state index contributed by atoms with van der Waals surface area (Å²) in [6, 6.07) is 11.0. The van der Waals surface area contributed by atoms with Gasteiger partial charge in [0.25, 0.3) is 0 Å². The normalized spacial score (nSPS) is 24.5. The van der Waals surface area contributed by atoms with Gasteiger partial charge in [-0.05, 0) is 38.3 Å². The number of benzene rings is 1. The fourth-order valence-corrected chi connectivity index (χ4v) is 2.70. The minimum Gasteiger partial charge on any atom is -0.396 e. The summed E-state index contributed by atoms with van der Waals surface area (Å²) in [5, 5.41) is 8.84. The van der Waals surface area contributed by atoms with Crippen LogP contribution in [0.1, 0.15) is 37.8 Å². The number of aliphatic hydroxyl groups excluding tert-OH is 1. The molecule has 0 saturated carbocycles. The van der Waals surface area contributed by atoms with E-state index in [1.807, 2.05) is 0 Å². The second-order valence-corrected chi connectivity index (χ2v) is 5.35. The van der Waals surface area contributed by atoms with Gasteiger partial charge >= 0.3 is 0 Å². The third-order valence-electron chi connectivity index (χ3n) is 3.76. The van der Waals surface area contributed by atoms with Gasteiger partial charge in [0.15, 0.2) is 0 Å². The first kappa shape index (κ1) is 14.5. The van der Waals surface area contributed by atoms with E-state index in [1.54, 1.807) is 0 Å². The molecular formula is C16H25NO2. The highest BCUT2D eigenvalue weighted by molar-refractivity contribution is 5.19. The fraction of sp³-hybridized carbons (Fsp3) is 0.625. The van der Waals surface area contributed by atoms with E-state index in [2.05, 4.69) is 42.2 Å². The van der Waals surface area contributed by atoms with E-state index in [0.29, 0.717) is 18.8 Å². The summed E-state index contributed by atoms with van der Waals surface area (Å²) in [7, 11) is 0. The number of hydrogen-bond donors (Lipinski definition) is 1. The molecule has 3 heteroatoms. The minimum absolute atomic E-state index is 0.307. The van der Waals surface area contributed by atoms with Crippen LogP contribution in [0.4, 0.5) is 0 Å². The van der Waals surface area contributed by atoms with Crippen molar-refractivity contribution in [2.24, 2.45) is 0 Å². The Morgan fingerprint density at radius 3 is 2.74 bits per heavy atom. The lowest BCUT2D eigenvalue weighted by Crippen LogP contribution is -2.44. The molecule has 0 aromatic heterocycles. The molecule has 0 amide bonds. The van der Waals surface area contributed by atoms with Gasteiger partial charge in [0.1, 0.15) is 0 Å². The van der Waals surface area contributed by atoms with E-state index < -0.39 is 0 Å². The first-order valence-electron chi connectivity index (χ1n) is 7.32. The molecule has 1 aliphatic heterocycles. The van der Waals surface area contributed by atoms with Gasteiger partial charge in [-0.25, -0.2) is 0 Å². The molecule has 1 fully saturated rings. The standard InChI is InChI=1S/C16H25NO2/c1-14-12-17(10-6-3-7-11-18)16(13-19-14)15-8-4-2-5-9-15/h2,4-5,8-9,14,16,18H,3,6-7,10-13H2,1H3. The van der Waals surface area contributed by atoms with Crippen molar-refractivity contribution in [2.75, 3.05) is 26.3 Å². The van der Waals surface area contributed by atoms with Crippen molar-refractivity contribution in [3.05, 3.63) is 35.9 Å². The maximum absolute atomic E-state index is 8.84. The SMILES string of the molecule is CC1CN(CCCCCO)C(c2ccccc2)CO1. The zero-order valence-electron chi connectivity index (χ0n) is 11.8. The van der Waals surface area contributed by atoms with Crippen LogP contribution in [-0.4, -0.2) is 42.4 Å². The van der Waals surface area contributed by atoms with E-state index in [1.165, 1.54) is 5.56 Å².